The third kappa shape index (κ3) is 2.15. The summed E-state index contributed by atoms with van der Waals surface area (Å²) >= 11 is 0. The SMILES string of the molecule is CNC(=O)N(C)c1ccc2c(c1)NC(=O)CO2. The van der Waals surface area contributed by atoms with Crippen LogP contribution in [0.4, 0.5) is 16.2 Å². The van der Waals surface area contributed by atoms with Crippen LogP contribution in [0.1, 0.15) is 0 Å². The Bertz CT molecular complexity index is 473. The van der Waals surface area contributed by atoms with E-state index in [9.17, 15) is 9.59 Å². The summed E-state index contributed by atoms with van der Waals surface area (Å²) < 4.78 is 5.23. The van der Waals surface area contributed by atoms with Crippen molar-refractivity contribution >= 4 is 23.3 Å². The minimum atomic E-state index is -0.229. The number of nitrogens with one attached hydrogen (secondary N) is 2. The molecule has 3 amide bonds. The third-order valence-corrected chi connectivity index (χ3v) is 2.50. The number of fused-ring (bicyclic) bond motifs is 1. The number of benzene rings is 1. The van der Waals surface area contributed by atoms with E-state index < -0.39 is 0 Å². The molecule has 0 aliphatic carbocycles. The number of hydrogen-bond acceptors (Lipinski definition) is 3. The Balaban J connectivity index is 2.29. The molecule has 90 valence electrons. The Labute approximate surface area is 98.5 Å². The number of carbonyl (C=O) groups is 2. The molecular formula is C11H13N3O3. The first-order valence-electron chi connectivity index (χ1n) is 5.14. The van der Waals surface area contributed by atoms with Crippen LogP contribution >= 0.6 is 0 Å². The highest BCUT2D eigenvalue weighted by atomic mass is 16.5. The first-order chi connectivity index (χ1) is 8.11. The Morgan fingerprint density at radius 3 is 3.00 bits per heavy atom. The van der Waals surface area contributed by atoms with E-state index in [4.69, 9.17) is 4.74 Å². The van der Waals surface area contributed by atoms with Gasteiger partial charge in [0.05, 0.1) is 5.69 Å². The maximum absolute atomic E-state index is 11.4. The molecule has 0 bridgehead atoms. The molecule has 1 aromatic rings. The topological polar surface area (TPSA) is 70.7 Å². The second-order valence-corrected chi connectivity index (χ2v) is 3.63. The predicted octanol–water partition coefficient (Wildman–Crippen LogP) is 0.793. The zero-order valence-electron chi connectivity index (χ0n) is 9.61. The molecule has 0 unspecified atom stereocenters. The van der Waals surface area contributed by atoms with Crippen molar-refractivity contribution in [3.8, 4) is 5.75 Å². The summed E-state index contributed by atoms with van der Waals surface area (Å²) in [5, 5.41) is 5.21. The van der Waals surface area contributed by atoms with E-state index in [1.54, 1.807) is 32.3 Å². The summed E-state index contributed by atoms with van der Waals surface area (Å²) in [6.45, 7) is 0.0254. The van der Waals surface area contributed by atoms with Crippen LogP contribution in [0.25, 0.3) is 0 Å². The van der Waals surface area contributed by atoms with Gasteiger partial charge in [-0.3, -0.25) is 9.69 Å². The van der Waals surface area contributed by atoms with Gasteiger partial charge < -0.3 is 15.4 Å². The average molecular weight is 235 g/mol. The number of nitrogens with zero attached hydrogens (tertiary/aromatic N) is 1. The molecule has 6 heteroatoms. The van der Waals surface area contributed by atoms with E-state index in [1.807, 2.05) is 0 Å². The fourth-order valence-electron chi connectivity index (χ4n) is 1.56. The number of hydrogen-bond donors (Lipinski definition) is 2. The average Bonchev–Trinajstić information content (AvgIpc) is 2.36. The Kier molecular flexibility index (Phi) is 2.86. The molecule has 17 heavy (non-hydrogen) atoms. The molecule has 2 rings (SSSR count). The van der Waals surface area contributed by atoms with Gasteiger partial charge in [-0.15, -0.1) is 0 Å². The Morgan fingerprint density at radius 1 is 1.53 bits per heavy atom. The number of amides is 3. The molecule has 2 N–H and O–H groups in total. The monoisotopic (exact) mass is 235 g/mol. The second kappa shape index (κ2) is 4.32. The third-order valence-electron chi connectivity index (χ3n) is 2.50. The van der Waals surface area contributed by atoms with Crippen molar-refractivity contribution in [2.24, 2.45) is 0 Å². The van der Waals surface area contributed by atoms with E-state index in [0.29, 0.717) is 17.1 Å². The number of rotatable bonds is 1. The molecular weight excluding hydrogens is 222 g/mol. The first-order valence-corrected chi connectivity index (χ1v) is 5.14. The van der Waals surface area contributed by atoms with Crippen LogP contribution in [-0.2, 0) is 4.79 Å². The highest BCUT2D eigenvalue weighted by molar-refractivity contribution is 5.97. The van der Waals surface area contributed by atoms with Crippen molar-refractivity contribution in [2.75, 3.05) is 30.9 Å². The maximum Gasteiger partial charge on any atom is 0.321 e. The summed E-state index contributed by atoms with van der Waals surface area (Å²) in [4.78, 5) is 24.1. The van der Waals surface area contributed by atoms with Gasteiger partial charge in [-0.2, -0.15) is 0 Å². The summed E-state index contributed by atoms with van der Waals surface area (Å²) in [6.07, 6.45) is 0. The molecule has 1 aliphatic rings. The number of ether oxygens (including phenoxy) is 1. The van der Waals surface area contributed by atoms with Gasteiger partial charge in [0.2, 0.25) is 0 Å². The van der Waals surface area contributed by atoms with Gasteiger partial charge in [-0.05, 0) is 18.2 Å². The highest BCUT2D eigenvalue weighted by Crippen LogP contribution is 2.31. The van der Waals surface area contributed by atoms with Crippen LogP contribution in [-0.4, -0.2) is 32.6 Å². The van der Waals surface area contributed by atoms with Crippen molar-refractivity contribution in [3.63, 3.8) is 0 Å². The molecule has 1 aliphatic heterocycles. The van der Waals surface area contributed by atoms with Gasteiger partial charge >= 0.3 is 6.03 Å². The lowest BCUT2D eigenvalue weighted by Gasteiger charge is -2.21. The normalized spacial score (nSPS) is 13.2. The maximum atomic E-state index is 11.4. The summed E-state index contributed by atoms with van der Waals surface area (Å²) in [5.41, 5.74) is 1.25. The minimum absolute atomic E-state index is 0.0254. The molecule has 0 saturated heterocycles. The molecule has 0 radical (unpaired) electrons. The van der Waals surface area contributed by atoms with Gasteiger partial charge in [0.1, 0.15) is 5.75 Å². The summed E-state index contributed by atoms with van der Waals surface area (Å²) in [5.74, 6) is 0.413. The fraction of sp³-hybridized carbons (Fsp3) is 0.273. The van der Waals surface area contributed by atoms with Crippen molar-refractivity contribution in [1.82, 2.24) is 5.32 Å². The second-order valence-electron chi connectivity index (χ2n) is 3.63. The van der Waals surface area contributed by atoms with Gasteiger partial charge in [0, 0.05) is 19.8 Å². The van der Waals surface area contributed by atoms with Crippen LogP contribution in [0.5, 0.6) is 5.75 Å². The van der Waals surface area contributed by atoms with Gasteiger partial charge in [-0.1, -0.05) is 0 Å². The van der Waals surface area contributed by atoms with Gasteiger partial charge in [0.25, 0.3) is 5.91 Å². The Hall–Kier alpha value is -2.24. The largest absolute Gasteiger partial charge is 0.482 e. The van der Waals surface area contributed by atoms with E-state index in [0.717, 1.165) is 0 Å². The van der Waals surface area contributed by atoms with Crippen molar-refractivity contribution in [2.45, 2.75) is 0 Å². The minimum Gasteiger partial charge on any atom is -0.482 e. The van der Waals surface area contributed by atoms with Crippen LogP contribution in [0.2, 0.25) is 0 Å². The molecule has 1 aromatic carbocycles. The van der Waals surface area contributed by atoms with E-state index >= 15 is 0 Å². The molecule has 0 saturated carbocycles. The highest BCUT2D eigenvalue weighted by Gasteiger charge is 2.18. The molecule has 1 heterocycles. The van der Waals surface area contributed by atoms with Gasteiger partial charge in [-0.25, -0.2) is 4.79 Å². The quantitative estimate of drug-likeness (QED) is 0.756. The lowest BCUT2D eigenvalue weighted by molar-refractivity contribution is -0.118. The molecule has 6 nitrogen and oxygen atoms in total. The molecule has 0 atom stereocenters. The zero-order valence-corrected chi connectivity index (χ0v) is 9.61. The van der Waals surface area contributed by atoms with E-state index in [2.05, 4.69) is 10.6 Å². The standard InChI is InChI=1S/C11H13N3O3/c1-12-11(16)14(2)7-3-4-9-8(5-7)13-10(15)6-17-9/h3-5H,6H2,1-2H3,(H,12,16)(H,13,15). The summed E-state index contributed by atoms with van der Waals surface area (Å²) in [6, 6.07) is 4.95. The van der Waals surface area contributed by atoms with E-state index in [1.165, 1.54) is 4.90 Å². The molecule has 0 aromatic heterocycles. The van der Waals surface area contributed by atoms with Crippen LogP contribution in [0, 0.1) is 0 Å². The van der Waals surface area contributed by atoms with Crippen LogP contribution in [0.3, 0.4) is 0 Å². The number of carbonyl (C=O) groups excluding carboxylic acids is 2. The zero-order chi connectivity index (χ0) is 12.4. The van der Waals surface area contributed by atoms with Crippen molar-refractivity contribution in [1.29, 1.82) is 0 Å². The van der Waals surface area contributed by atoms with Crippen molar-refractivity contribution < 1.29 is 14.3 Å². The number of anilines is 2. The number of urea groups is 1. The Morgan fingerprint density at radius 2 is 2.29 bits per heavy atom. The van der Waals surface area contributed by atoms with Gasteiger partial charge in [0.15, 0.2) is 6.61 Å². The van der Waals surface area contributed by atoms with Crippen LogP contribution < -0.4 is 20.3 Å². The predicted molar refractivity (Wildman–Crippen MR) is 63.4 cm³/mol. The molecule has 0 spiro atoms. The smallest absolute Gasteiger partial charge is 0.321 e. The molecule has 0 fully saturated rings. The first kappa shape index (κ1) is 11.3. The van der Waals surface area contributed by atoms with Crippen molar-refractivity contribution in [3.05, 3.63) is 18.2 Å². The fourth-order valence-corrected chi connectivity index (χ4v) is 1.56. The lowest BCUT2D eigenvalue weighted by atomic mass is 10.2. The lowest BCUT2D eigenvalue weighted by Crippen LogP contribution is -2.35. The summed E-state index contributed by atoms with van der Waals surface area (Å²) in [7, 11) is 3.20. The van der Waals surface area contributed by atoms with E-state index in [-0.39, 0.29) is 18.5 Å². The van der Waals surface area contributed by atoms with Crippen LogP contribution in [0.15, 0.2) is 18.2 Å².